The number of carbonyl (C=O) groups excluding carboxylic acids is 1. The fraction of sp³-hybridized carbons (Fsp3) is 0.458. The van der Waals surface area contributed by atoms with Crippen molar-refractivity contribution in [1.29, 1.82) is 0 Å². The minimum Gasteiger partial charge on any atom is -0.494 e. The summed E-state index contributed by atoms with van der Waals surface area (Å²) in [5.74, 6) is 0.0639. The summed E-state index contributed by atoms with van der Waals surface area (Å²) in [7, 11) is -3.28. The van der Waals surface area contributed by atoms with E-state index in [-0.39, 0.29) is 36.0 Å². The first kappa shape index (κ1) is 27.3. The number of piperazine rings is 1. The van der Waals surface area contributed by atoms with E-state index in [4.69, 9.17) is 39.5 Å². The van der Waals surface area contributed by atoms with Crippen LogP contribution in [0.25, 0.3) is 0 Å². The van der Waals surface area contributed by atoms with Crippen molar-refractivity contribution in [2.75, 3.05) is 52.1 Å². The SMILES string of the molecule is CS(=O)(=O)N1CCN(C(=O)N2C[C@@H](CCOc3ccc(F)c(Cl)c3)[C@@H](c3ccc(Cl)c(Cl)c3)C2)CC1. The third-order valence-corrected chi connectivity index (χ3v) is 9.04. The molecule has 0 radical (unpaired) electrons. The van der Waals surface area contributed by atoms with Crippen molar-refractivity contribution < 1.29 is 22.3 Å². The average molecular weight is 579 g/mol. The minimum absolute atomic E-state index is 0.00482. The Hall–Kier alpha value is -1.78. The molecule has 0 aromatic heterocycles. The van der Waals surface area contributed by atoms with Gasteiger partial charge in [-0.2, -0.15) is 4.31 Å². The highest BCUT2D eigenvalue weighted by atomic mass is 35.5. The van der Waals surface area contributed by atoms with Gasteiger partial charge in [0.25, 0.3) is 0 Å². The maximum Gasteiger partial charge on any atom is 0.320 e. The summed E-state index contributed by atoms with van der Waals surface area (Å²) in [6.45, 7) is 2.63. The van der Waals surface area contributed by atoms with Crippen LogP contribution in [0.3, 0.4) is 0 Å². The lowest BCUT2D eigenvalue weighted by molar-refractivity contribution is 0.140. The molecule has 7 nitrogen and oxygen atoms in total. The second kappa shape index (κ2) is 11.3. The molecule has 2 heterocycles. The standard InChI is InChI=1S/C24H27Cl3FN3O4S/c1-36(33,34)31-9-7-29(8-10-31)24(32)30-14-17(6-11-35-18-3-5-23(28)22(27)13-18)19(15-30)16-2-4-20(25)21(26)12-16/h2-5,12-13,17,19H,6-11,14-15H2,1H3/t17-,19-/m1/s1. The smallest absolute Gasteiger partial charge is 0.320 e. The van der Waals surface area contributed by atoms with E-state index in [1.54, 1.807) is 11.0 Å². The van der Waals surface area contributed by atoms with E-state index in [1.807, 2.05) is 17.0 Å². The summed E-state index contributed by atoms with van der Waals surface area (Å²) in [6, 6.07) is 9.62. The molecule has 2 aromatic rings. The molecular weight excluding hydrogens is 552 g/mol. The highest BCUT2D eigenvalue weighted by molar-refractivity contribution is 7.88. The first-order valence-electron chi connectivity index (χ1n) is 11.5. The van der Waals surface area contributed by atoms with Gasteiger partial charge in [-0.1, -0.05) is 40.9 Å². The fourth-order valence-electron chi connectivity index (χ4n) is 4.75. The molecule has 2 aliphatic heterocycles. The lowest BCUT2D eigenvalue weighted by Crippen LogP contribution is -2.53. The quantitative estimate of drug-likeness (QED) is 0.486. The lowest BCUT2D eigenvalue weighted by Gasteiger charge is -2.35. The molecule has 2 atom stereocenters. The number of nitrogens with zero attached hydrogens (tertiary/aromatic N) is 3. The molecule has 2 aromatic carbocycles. The van der Waals surface area contributed by atoms with E-state index in [9.17, 15) is 17.6 Å². The van der Waals surface area contributed by atoms with Gasteiger partial charge in [0.15, 0.2) is 0 Å². The van der Waals surface area contributed by atoms with Crippen LogP contribution < -0.4 is 4.74 Å². The summed E-state index contributed by atoms with van der Waals surface area (Å²) >= 11 is 18.2. The zero-order chi connectivity index (χ0) is 26.0. The van der Waals surface area contributed by atoms with Crippen molar-refractivity contribution in [3.8, 4) is 5.75 Å². The summed E-state index contributed by atoms with van der Waals surface area (Å²) in [6.07, 6.45) is 1.82. The van der Waals surface area contributed by atoms with Crippen LogP contribution in [0.2, 0.25) is 15.1 Å². The molecule has 2 saturated heterocycles. The minimum atomic E-state index is -3.28. The third kappa shape index (κ3) is 6.37. The van der Waals surface area contributed by atoms with Crippen LogP contribution in [0.5, 0.6) is 5.75 Å². The van der Waals surface area contributed by atoms with Crippen molar-refractivity contribution in [2.45, 2.75) is 12.3 Å². The summed E-state index contributed by atoms with van der Waals surface area (Å²) < 4.78 is 44.3. The van der Waals surface area contributed by atoms with Crippen LogP contribution in [0.4, 0.5) is 9.18 Å². The Morgan fingerprint density at radius 1 is 0.972 bits per heavy atom. The number of halogens is 4. The van der Waals surface area contributed by atoms with Crippen LogP contribution in [0.1, 0.15) is 17.9 Å². The van der Waals surface area contributed by atoms with Crippen LogP contribution >= 0.6 is 34.8 Å². The van der Waals surface area contributed by atoms with Gasteiger partial charge in [0.05, 0.1) is 27.9 Å². The lowest BCUT2D eigenvalue weighted by atomic mass is 9.87. The number of amides is 2. The van der Waals surface area contributed by atoms with E-state index in [2.05, 4.69) is 0 Å². The molecule has 0 saturated carbocycles. The Kier molecular flexibility index (Phi) is 8.56. The summed E-state index contributed by atoms with van der Waals surface area (Å²) in [5, 5.41) is 0.907. The maximum absolute atomic E-state index is 13.4. The molecule has 36 heavy (non-hydrogen) atoms. The summed E-state index contributed by atoms with van der Waals surface area (Å²) in [4.78, 5) is 16.8. The Morgan fingerprint density at radius 2 is 1.69 bits per heavy atom. The van der Waals surface area contributed by atoms with Gasteiger partial charge in [0.2, 0.25) is 10.0 Å². The number of likely N-dealkylation sites (tertiary alicyclic amines) is 1. The molecule has 4 rings (SSSR count). The number of sulfonamides is 1. The number of hydrogen-bond donors (Lipinski definition) is 0. The van der Waals surface area contributed by atoms with Crippen LogP contribution in [-0.4, -0.2) is 80.7 Å². The molecule has 0 unspecified atom stereocenters. The van der Waals surface area contributed by atoms with E-state index < -0.39 is 15.8 Å². The van der Waals surface area contributed by atoms with Crippen LogP contribution in [0.15, 0.2) is 36.4 Å². The molecule has 0 aliphatic carbocycles. The monoisotopic (exact) mass is 577 g/mol. The van der Waals surface area contributed by atoms with Gasteiger partial charge in [-0.25, -0.2) is 17.6 Å². The number of rotatable bonds is 6. The molecule has 0 bridgehead atoms. The van der Waals surface area contributed by atoms with Crippen LogP contribution in [0, 0.1) is 11.7 Å². The number of carbonyl (C=O) groups is 1. The van der Waals surface area contributed by atoms with Gasteiger partial charge in [0, 0.05) is 51.3 Å². The van der Waals surface area contributed by atoms with Gasteiger partial charge in [-0.05, 0) is 42.2 Å². The van der Waals surface area contributed by atoms with E-state index in [0.29, 0.717) is 55.0 Å². The number of urea groups is 1. The average Bonchev–Trinajstić information content (AvgIpc) is 3.26. The van der Waals surface area contributed by atoms with Gasteiger partial charge >= 0.3 is 6.03 Å². The van der Waals surface area contributed by atoms with E-state index in [0.717, 1.165) is 5.56 Å². The highest BCUT2D eigenvalue weighted by Gasteiger charge is 2.38. The second-order valence-electron chi connectivity index (χ2n) is 9.09. The highest BCUT2D eigenvalue weighted by Crippen LogP contribution is 2.38. The Balaban J connectivity index is 1.44. The molecule has 2 fully saturated rings. The van der Waals surface area contributed by atoms with Gasteiger partial charge < -0.3 is 14.5 Å². The van der Waals surface area contributed by atoms with E-state index in [1.165, 1.54) is 28.8 Å². The largest absolute Gasteiger partial charge is 0.494 e. The molecule has 0 N–H and O–H groups in total. The molecular formula is C24H27Cl3FN3O4S. The second-order valence-corrected chi connectivity index (χ2v) is 12.3. The number of ether oxygens (including phenoxy) is 1. The number of benzene rings is 2. The Labute approximate surface area is 225 Å². The zero-order valence-electron chi connectivity index (χ0n) is 19.7. The van der Waals surface area contributed by atoms with Crippen molar-refractivity contribution in [1.82, 2.24) is 14.1 Å². The van der Waals surface area contributed by atoms with Crippen LogP contribution in [-0.2, 0) is 10.0 Å². The molecule has 2 aliphatic rings. The van der Waals surface area contributed by atoms with Crippen molar-refractivity contribution in [2.24, 2.45) is 5.92 Å². The van der Waals surface area contributed by atoms with Crippen molar-refractivity contribution >= 4 is 50.9 Å². The fourth-order valence-corrected chi connectivity index (χ4v) is 6.05. The first-order valence-corrected chi connectivity index (χ1v) is 14.5. The van der Waals surface area contributed by atoms with E-state index >= 15 is 0 Å². The first-order chi connectivity index (χ1) is 17.0. The molecule has 0 spiro atoms. The topological polar surface area (TPSA) is 70.2 Å². The van der Waals surface area contributed by atoms with Gasteiger partial charge in [0.1, 0.15) is 11.6 Å². The Bertz CT molecular complexity index is 1230. The predicted octanol–water partition coefficient (Wildman–Crippen LogP) is 4.97. The Morgan fingerprint density at radius 3 is 2.33 bits per heavy atom. The normalized spacial score (nSPS) is 21.1. The predicted molar refractivity (Wildman–Crippen MR) is 139 cm³/mol. The molecule has 196 valence electrons. The van der Waals surface area contributed by atoms with Crippen molar-refractivity contribution in [3.05, 3.63) is 62.8 Å². The number of hydrogen-bond acceptors (Lipinski definition) is 4. The van der Waals surface area contributed by atoms with Gasteiger partial charge in [-0.15, -0.1) is 0 Å². The zero-order valence-corrected chi connectivity index (χ0v) is 22.8. The maximum atomic E-state index is 13.4. The van der Waals surface area contributed by atoms with Crippen molar-refractivity contribution in [3.63, 3.8) is 0 Å². The molecule has 12 heteroatoms. The van der Waals surface area contributed by atoms with Gasteiger partial charge in [-0.3, -0.25) is 0 Å². The third-order valence-electron chi connectivity index (χ3n) is 6.71. The molecule has 2 amide bonds. The summed E-state index contributed by atoms with van der Waals surface area (Å²) in [5.41, 5.74) is 0.983.